The van der Waals surface area contributed by atoms with Crippen molar-refractivity contribution in [3.63, 3.8) is 0 Å². The van der Waals surface area contributed by atoms with Crippen molar-refractivity contribution in [1.29, 1.82) is 0 Å². The van der Waals surface area contributed by atoms with Gasteiger partial charge in [0.1, 0.15) is 5.69 Å². The summed E-state index contributed by atoms with van der Waals surface area (Å²) >= 11 is 0. The van der Waals surface area contributed by atoms with Gasteiger partial charge in [0, 0.05) is 6.42 Å². The molecule has 0 heterocycles. The maximum Gasteiger partial charge on any atom is 0.303 e. The fourth-order valence-electron chi connectivity index (χ4n) is 1.34. The van der Waals surface area contributed by atoms with Crippen molar-refractivity contribution >= 4 is 17.3 Å². The van der Waals surface area contributed by atoms with Crippen molar-refractivity contribution in [2.24, 2.45) is 10.2 Å². The number of aryl methyl sites for hydroxylation is 2. The summed E-state index contributed by atoms with van der Waals surface area (Å²) < 4.78 is 0. The first-order valence-corrected chi connectivity index (χ1v) is 5.46. The molecular weight excluding hydrogens is 218 g/mol. The first-order valence-electron chi connectivity index (χ1n) is 5.46. The minimum absolute atomic E-state index is 0.113. The van der Waals surface area contributed by atoms with E-state index in [9.17, 15) is 4.79 Å². The Bertz CT molecular complexity index is 442. The van der Waals surface area contributed by atoms with Gasteiger partial charge >= 0.3 is 5.97 Å². The van der Waals surface area contributed by atoms with E-state index in [-0.39, 0.29) is 6.42 Å². The standard InChI is InChI=1S/C12H17N3O2/c1-8-6-10(13)11(7-9(8)2)15-14-5-3-4-12(16)17/h6-7H,3-5,13H2,1-2H3,(H,16,17). The summed E-state index contributed by atoms with van der Waals surface area (Å²) in [5, 5.41) is 16.4. The fraction of sp³-hybridized carbons (Fsp3) is 0.417. The van der Waals surface area contributed by atoms with Gasteiger partial charge in [-0.3, -0.25) is 4.79 Å². The molecule has 0 unspecified atom stereocenters. The number of aliphatic carboxylic acids is 1. The number of hydrogen-bond acceptors (Lipinski definition) is 4. The monoisotopic (exact) mass is 235 g/mol. The number of nitrogens with zero attached hydrogens (tertiary/aromatic N) is 2. The molecule has 0 spiro atoms. The van der Waals surface area contributed by atoms with E-state index in [1.807, 2.05) is 26.0 Å². The smallest absolute Gasteiger partial charge is 0.303 e. The zero-order valence-electron chi connectivity index (χ0n) is 10.1. The van der Waals surface area contributed by atoms with Crippen molar-refractivity contribution in [3.05, 3.63) is 23.3 Å². The lowest BCUT2D eigenvalue weighted by Crippen LogP contribution is -1.95. The van der Waals surface area contributed by atoms with Gasteiger partial charge in [0.25, 0.3) is 0 Å². The molecule has 92 valence electrons. The quantitative estimate of drug-likeness (QED) is 0.467. The van der Waals surface area contributed by atoms with Crippen molar-refractivity contribution in [2.45, 2.75) is 26.7 Å². The normalized spacial score (nSPS) is 10.9. The molecule has 0 bridgehead atoms. The van der Waals surface area contributed by atoms with Gasteiger partial charge in [0.05, 0.1) is 12.2 Å². The van der Waals surface area contributed by atoms with Crippen molar-refractivity contribution in [3.8, 4) is 0 Å². The summed E-state index contributed by atoms with van der Waals surface area (Å²) in [6.45, 7) is 4.37. The number of benzene rings is 1. The third-order valence-electron chi connectivity index (χ3n) is 2.47. The molecule has 0 atom stereocenters. The first-order chi connectivity index (χ1) is 8.00. The van der Waals surface area contributed by atoms with Crippen LogP contribution in [-0.4, -0.2) is 17.6 Å². The number of anilines is 1. The van der Waals surface area contributed by atoms with Crippen molar-refractivity contribution < 1.29 is 9.90 Å². The van der Waals surface area contributed by atoms with E-state index in [0.717, 1.165) is 11.1 Å². The molecule has 1 aromatic rings. The molecule has 0 radical (unpaired) electrons. The molecular formula is C12H17N3O2. The average Bonchev–Trinajstić information content (AvgIpc) is 2.24. The summed E-state index contributed by atoms with van der Waals surface area (Å²) in [6.07, 6.45) is 0.602. The van der Waals surface area contributed by atoms with E-state index < -0.39 is 5.97 Å². The van der Waals surface area contributed by atoms with Crippen LogP contribution < -0.4 is 5.73 Å². The third-order valence-corrected chi connectivity index (χ3v) is 2.47. The average molecular weight is 235 g/mol. The number of carboxylic acid groups (broad SMARTS) is 1. The summed E-state index contributed by atoms with van der Waals surface area (Å²) in [7, 11) is 0. The molecule has 0 aliphatic heterocycles. The highest BCUT2D eigenvalue weighted by Crippen LogP contribution is 2.25. The van der Waals surface area contributed by atoms with Gasteiger partial charge in [-0.25, -0.2) is 0 Å². The van der Waals surface area contributed by atoms with Gasteiger partial charge in [-0.2, -0.15) is 10.2 Å². The first kappa shape index (κ1) is 13.2. The van der Waals surface area contributed by atoms with E-state index in [4.69, 9.17) is 10.8 Å². The number of hydrogen-bond donors (Lipinski definition) is 2. The molecule has 0 aliphatic rings. The van der Waals surface area contributed by atoms with Crippen LogP contribution in [0, 0.1) is 13.8 Å². The SMILES string of the molecule is Cc1cc(N)c(N=NCCCC(=O)O)cc1C. The van der Waals surface area contributed by atoms with Crippen LogP contribution in [-0.2, 0) is 4.79 Å². The topological polar surface area (TPSA) is 88.0 Å². The molecule has 0 fully saturated rings. The fourth-order valence-corrected chi connectivity index (χ4v) is 1.34. The van der Waals surface area contributed by atoms with E-state index in [0.29, 0.717) is 24.3 Å². The molecule has 0 aromatic heterocycles. The predicted octanol–water partition coefficient (Wildman–Crippen LogP) is 2.83. The van der Waals surface area contributed by atoms with E-state index in [1.54, 1.807) is 0 Å². The third kappa shape index (κ3) is 4.22. The highest BCUT2D eigenvalue weighted by atomic mass is 16.4. The molecule has 0 aliphatic carbocycles. The molecule has 0 amide bonds. The van der Waals surface area contributed by atoms with Gasteiger partial charge in [0.2, 0.25) is 0 Å². The van der Waals surface area contributed by atoms with Gasteiger partial charge in [-0.1, -0.05) is 0 Å². The lowest BCUT2D eigenvalue weighted by molar-refractivity contribution is -0.137. The summed E-state index contributed by atoms with van der Waals surface area (Å²) in [6, 6.07) is 3.74. The number of nitrogen functional groups attached to an aromatic ring is 1. The zero-order chi connectivity index (χ0) is 12.8. The molecule has 0 saturated heterocycles. The van der Waals surface area contributed by atoms with Crippen LogP contribution in [0.2, 0.25) is 0 Å². The lowest BCUT2D eigenvalue weighted by Gasteiger charge is -2.04. The Labute approximate surface area is 100 Å². The molecule has 3 N–H and O–H groups in total. The summed E-state index contributed by atoms with van der Waals surface area (Å²) in [5.41, 5.74) is 9.27. The number of nitrogens with two attached hydrogens (primary N) is 1. The molecule has 0 saturated carbocycles. The Hall–Kier alpha value is -1.91. The second-order valence-corrected chi connectivity index (χ2v) is 3.96. The Kier molecular flexibility index (Phi) is 4.63. The van der Waals surface area contributed by atoms with Gasteiger partial charge in [0.15, 0.2) is 0 Å². The van der Waals surface area contributed by atoms with Gasteiger partial charge < -0.3 is 10.8 Å². The van der Waals surface area contributed by atoms with Crippen LogP contribution in [0.15, 0.2) is 22.4 Å². The Morgan fingerprint density at radius 2 is 2.00 bits per heavy atom. The molecule has 1 rings (SSSR count). The second-order valence-electron chi connectivity index (χ2n) is 3.96. The largest absolute Gasteiger partial charge is 0.481 e. The van der Waals surface area contributed by atoms with E-state index >= 15 is 0 Å². The van der Waals surface area contributed by atoms with E-state index in [1.165, 1.54) is 0 Å². The van der Waals surface area contributed by atoms with Crippen LogP contribution >= 0.6 is 0 Å². The van der Waals surface area contributed by atoms with Crippen LogP contribution in [0.5, 0.6) is 0 Å². The second kappa shape index (κ2) is 5.98. The van der Waals surface area contributed by atoms with Crippen LogP contribution in [0.1, 0.15) is 24.0 Å². The molecule has 1 aromatic carbocycles. The molecule has 17 heavy (non-hydrogen) atoms. The maximum atomic E-state index is 10.3. The molecule has 5 heteroatoms. The molecule has 5 nitrogen and oxygen atoms in total. The van der Waals surface area contributed by atoms with Crippen LogP contribution in [0.25, 0.3) is 0 Å². The van der Waals surface area contributed by atoms with Crippen LogP contribution in [0.4, 0.5) is 11.4 Å². The van der Waals surface area contributed by atoms with Crippen molar-refractivity contribution in [1.82, 2.24) is 0 Å². The Balaban J connectivity index is 2.59. The van der Waals surface area contributed by atoms with E-state index in [2.05, 4.69) is 10.2 Å². The van der Waals surface area contributed by atoms with Crippen molar-refractivity contribution in [2.75, 3.05) is 12.3 Å². The summed E-state index contributed by atoms with van der Waals surface area (Å²) in [5.74, 6) is -0.814. The van der Waals surface area contributed by atoms with Crippen LogP contribution in [0.3, 0.4) is 0 Å². The summed E-state index contributed by atoms with van der Waals surface area (Å²) in [4.78, 5) is 10.3. The minimum Gasteiger partial charge on any atom is -0.481 e. The highest BCUT2D eigenvalue weighted by molar-refractivity contribution is 5.66. The Morgan fingerprint density at radius 1 is 1.35 bits per heavy atom. The zero-order valence-corrected chi connectivity index (χ0v) is 10.1. The maximum absolute atomic E-state index is 10.3. The number of azo groups is 1. The Morgan fingerprint density at radius 3 is 2.65 bits per heavy atom. The lowest BCUT2D eigenvalue weighted by atomic mass is 10.1. The number of carbonyl (C=O) groups is 1. The predicted molar refractivity (Wildman–Crippen MR) is 66.6 cm³/mol. The van der Waals surface area contributed by atoms with Gasteiger partial charge in [-0.15, -0.1) is 0 Å². The minimum atomic E-state index is -0.814. The number of rotatable bonds is 5. The highest BCUT2D eigenvalue weighted by Gasteiger charge is 2.01. The number of carboxylic acids is 1. The van der Waals surface area contributed by atoms with Gasteiger partial charge in [-0.05, 0) is 43.5 Å².